The molecule has 0 radical (unpaired) electrons. The van der Waals surface area contributed by atoms with Gasteiger partial charge < -0.3 is 9.88 Å². The molecule has 0 atom stereocenters. The minimum absolute atomic E-state index is 0.0512. The third-order valence-corrected chi connectivity index (χ3v) is 1.70. The molecule has 3 nitrogen and oxygen atoms in total. The minimum Gasteiger partial charge on any atom is -0.353 e. The van der Waals surface area contributed by atoms with Crippen LogP contribution in [0.4, 0.5) is 0 Å². The van der Waals surface area contributed by atoms with E-state index in [1.807, 2.05) is 10.6 Å². The lowest BCUT2D eigenvalue weighted by molar-refractivity contribution is 0.622. The van der Waals surface area contributed by atoms with Crippen molar-refractivity contribution in [2.24, 2.45) is 0 Å². The zero-order valence-electron chi connectivity index (χ0n) is 7.57. The lowest BCUT2D eigenvalue weighted by Crippen LogP contribution is -2.20. The Morgan fingerprint density at radius 3 is 2.77 bits per heavy atom. The molecule has 1 aromatic heterocycles. The Balaban J connectivity index is 2.33. The van der Waals surface area contributed by atoms with Gasteiger partial charge in [0.15, 0.2) is 5.43 Å². The van der Waals surface area contributed by atoms with Crippen LogP contribution in [-0.2, 0) is 6.54 Å². The number of nitrogens with zero attached hydrogens (tertiary/aromatic N) is 1. The van der Waals surface area contributed by atoms with Crippen LogP contribution in [0.5, 0.6) is 0 Å². The molecule has 1 aromatic rings. The third kappa shape index (κ3) is 3.71. The predicted molar refractivity (Wildman–Crippen MR) is 53.8 cm³/mol. The number of hydrogen-bond donors (Lipinski definition) is 1. The molecule has 0 aliphatic carbocycles. The molecule has 1 heterocycles. The third-order valence-electron chi connectivity index (χ3n) is 1.70. The fraction of sp³-hybridized carbons (Fsp3) is 0.300. The molecule has 0 spiro atoms. The molecule has 3 heteroatoms. The summed E-state index contributed by atoms with van der Waals surface area (Å²) in [5, 5.41) is 3.18. The topological polar surface area (TPSA) is 34.0 Å². The van der Waals surface area contributed by atoms with Crippen molar-refractivity contribution in [3.05, 3.63) is 47.4 Å². The monoisotopic (exact) mass is 178 g/mol. The van der Waals surface area contributed by atoms with Gasteiger partial charge in [0, 0.05) is 44.2 Å². The van der Waals surface area contributed by atoms with E-state index in [0.717, 1.165) is 19.6 Å². The molecule has 0 bridgehead atoms. The van der Waals surface area contributed by atoms with Crippen LogP contribution < -0.4 is 10.7 Å². The highest BCUT2D eigenvalue weighted by atomic mass is 16.1. The zero-order valence-corrected chi connectivity index (χ0v) is 7.57. The van der Waals surface area contributed by atoms with Gasteiger partial charge in [-0.25, -0.2) is 0 Å². The fourth-order valence-electron chi connectivity index (χ4n) is 1.00. The molecule has 1 N–H and O–H groups in total. The summed E-state index contributed by atoms with van der Waals surface area (Å²) >= 11 is 0. The summed E-state index contributed by atoms with van der Waals surface area (Å²) in [4.78, 5) is 10.8. The van der Waals surface area contributed by atoms with Crippen molar-refractivity contribution in [1.82, 2.24) is 9.88 Å². The molecule has 70 valence electrons. The van der Waals surface area contributed by atoms with Crippen LogP contribution in [0.15, 0.2) is 42.0 Å². The van der Waals surface area contributed by atoms with Gasteiger partial charge in [-0.05, 0) is 0 Å². The van der Waals surface area contributed by atoms with E-state index in [9.17, 15) is 4.79 Å². The first-order valence-electron chi connectivity index (χ1n) is 4.30. The van der Waals surface area contributed by atoms with Crippen LogP contribution in [0.1, 0.15) is 0 Å². The number of hydrogen-bond acceptors (Lipinski definition) is 2. The minimum atomic E-state index is 0.0512. The number of aromatic nitrogens is 1. The Labute approximate surface area is 77.7 Å². The highest BCUT2D eigenvalue weighted by Crippen LogP contribution is 1.82. The zero-order chi connectivity index (χ0) is 9.52. The Morgan fingerprint density at radius 2 is 2.15 bits per heavy atom. The van der Waals surface area contributed by atoms with E-state index >= 15 is 0 Å². The van der Waals surface area contributed by atoms with Crippen LogP contribution in [0.25, 0.3) is 0 Å². The quantitative estimate of drug-likeness (QED) is 0.530. The Bertz CT molecular complexity index is 296. The van der Waals surface area contributed by atoms with Crippen LogP contribution in [0, 0.1) is 0 Å². The first-order chi connectivity index (χ1) is 6.33. The fourth-order valence-corrected chi connectivity index (χ4v) is 1.00. The summed E-state index contributed by atoms with van der Waals surface area (Å²) in [7, 11) is 0. The Morgan fingerprint density at radius 1 is 1.46 bits per heavy atom. The van der Waals surface area contributed by atoms with Crippen LogP contribution >= 0.6 is 0 Å². The number of nitrogens with one attached hydrogen (secondary N) is 1. The Kier molecular flexibility index (Phi) is 3.99. The van der Waals surface area contributed by atoms with Crippen LogP contribution in [0.2, 0.25) is 0 Å². The molecule has 0 aliphatic heterocycles. The normalized spacial score (nSPS) is 9.85. The molecule has 13 heavy (non-hydrogen) atoms. The van der Waals surface area contributed by atoms with Gasteiger partial charge in [-0.3, -0.25) is 4.79 Å². The maximum atomic E-state index is 10.8. The standard InChI is InChI=1S/C10H14N2O/c1-2-5-11-6-9-12-7-3-10(13)4-8-12/h2-4,7-8,11H,1,5-6,9H2. The van der Waals surface area contributed by atoms with E-state index in [2.05, 4.69) is 11.9 Å². The van der Waals surface area contributed by atoms with Gasteiger partial charge in [0.2, 0.25) is 0 Å². The molecule has 0 aromatic carbocycles. The average Bonchev–Trinajstić information content (AvgIpc) is 2.15. The molecule has 0 fully saturated rings. The molecule has 0 aliphatic rings. The predicted octanol–water partition coefficient (Wildman–Crippen LogP) is 0.624. The van der Waals surface area contributed by atoms with Gasteiger partial charge in [0.25, 0.3) is 0 Å². The largest absolute Gasteiger partial charge is 0.353 e. The van der Waals surface area contributed by atoms with Crippen molar-refractivity contribution in [2.45, 2.75) is 6.54 Å². The molecular formula is C10H14N2O. The average molecular weight is 178 g/mol. The second kappa shape index (κ2) is 5.32. The molecule has 0 saturated carbocycles. The molecule has 1 rings (SSSR count). The molecule has 0 saturated heterocycles. The van der Waals surface area contributed by atoms with Crippen molar-refractivity contribution >= 4 is 0 Å². The summed E-state index contributed by atoms with van der Waals surface area (Å²) < 4.78 is 1.97. The first kappa shape index (κ1) is 9.74. The highest BCUT2D eigenvalue weighted by molar-refractivity contribution is 4.93. The lowest BCUT2D eigenvalue weighted by atomic mass is 10.4. The molecule has 0 unspecified atom stereocenters. The Hall–Kier alpha value is -1.35. The second-order valence-electron chi connectivity index (χ2n) is 2.76. The highest BCUT2D eigenvalue weighted by Gasteiger charge is 1.87. The van der Waals surface area contributed by atoms with E-state index < -0.39 is 0 Å². The van der Waals surface area contributed by atoms with Crippen LogP contribution in [-0.4, -0.2) is 17.7 Å². The first-order valence-corrected chi connectivity index (χ1v) is 4.30. The van der Waals surface area contributed by atoms with Crippen molar-refractivity contribution in [3.8, 4) is 0 Å². The van der Waals surface area contributed by atoms with Gasteiger partial charge >= 0.3 is 0 Å². The summed E-state index contributed by atoms with van der Waals surface area (Å²) in [6.45, 7) is 6.18. The number of rotatable bonds is 5. The molecule has 0 amide bonds. The summed E-state index contributed by atoms with van der Waals surface area (Å²) in [6, 6.07) is 3.13. The summed E-state index contributed by atoms with van der Waals surface area (Å²) in [5.41, 5.74) is 0.0512. The number of pyridine rings is 1. The maximum Gasteiger partial charge on any atom is 0.181 e. The van der Waals surface area contributed by atoms with Gasteiger partial charge in [-0.15, -0.1) is 6.58 Å². The van der Waals surface area contributed by atoms with Gasteiger partial charge in [0.05, 0.1) is 0 Å². The summed E-state index contributed by atoms with van der Waals surface area (Å²) in [6.07, 6.45) is 5.40. The van der Waals surface area contributed by atoms with Gasteiger partial charge in [0.1, 0.15) is 0 Å². The van der Waals surface area contributed by atoms with Crippen LogP contribution in [0.3, 0.4) is 0 Å². The van der Waals surface area contributed by atoms with E-state index in [-0.39, 0.29) is 5.43 Å². The second-order valence-corrected chi connectivity index (χ2v) is 2.76. The SMILES string of the molecule is C=CCNCCn1ccc(=O)cc1. The van der Waals surface area contributed by atoms with Crippen molar-refractivity contribution in [1.29, 1.82) is 0 Å². The van der Waals surface area contributed by atoms with E-state index in [0.29, 0.717) is 0 Å². The maximum absolute atomic E-state index is 10.8. The lowest BCUT2D eigenvalue weighted by Gasteiger charge is -2.05. The summed E-state index contributed by atoms with van der Waals surface area (Å²) in [5.74, 6) is 0. The van der Waals surface area contributed by atoms with E-state index in [1.54, 1.807) is 24.5 Å². The van der Waals surface area contributed by atoms with Crippen molar-refractivity contribution in [3.63, 3.8) is 0 Å². The van der Waals surface area contributed by atoms with Gasteiger partial charge in [-0.2, -0.15) is 0 Å². The van der Waals surface area contributed by atoms with Crippen molar-refractivity contribution in [2.75, 3.05) is 13.1 Å². The van der Waals surface area contributed by atoms with Crippen molar-refractivity contribution < 1.29 is 0 Å². The van der Waals surface area contributed by atoms with Gasteiger partial charge in [-0.1, -0.05) is 6.08 Å². The van der Waals surface area contributed by atoms with E-state index in [4.69, 9.17) is 0 Å². The smallest absolute Gasteiger partial charge is 0.181 e. The molecular weight excluding hydrogens is 164 g/mol. The van der Waals surface area contributed by atoms with E-state index in [1.165, 1.54) is 0 Å².